The molecule has 1 atom stereocenters. The van der Waals surface area contributed by atoms with Crippen molar-refractivity contribution in [3.63, 3.8) is 0 Å². The predicted octanol–water partition coefficient (Wildman–Crippen LogP) is 5.34. The fourth-order valence-corrected chi connectivity index (χ4v) is 4.59. The molecular formula is C22H20. The fraction of sp³-hybridized carbons (Fsp3) is 0.273. The molecule has 3 aliphatic carbocycles. The molecule has 0 radical (unpaired) electrons. The Labute approximate surface area is 132 Å². The van der Waals surface area contributed by atoms with Crippen LogP contribution in [0, 0.1) is 5.92 Å². The molecule has 0 aliphatic heterocycles. The molecule has 0 heteroatoms. The maximum Gasteiger partial charge on any atom is 0.000144 e. The summed E-state index contributed by atoms with van der Waals surface area (Å²) in [4.78, 5) is 0. The van der Waals surface area contributed by atoms with Gasteiger partial charge in [-0.1, -0.05) is 43.3 Å². The standard InChI is InChI=1S/C22H20/c1-13-7-8-14(2)22(13)21-12-20-16-6-4-3-5-15(16)11-19(20)17-9-10-18(17)21/h3-8,12-13H,9-11H2,1-2H3. The van der Waals surface area contributed by atoms with Crippen molar-refractivity contribution in [3.8, 4) is 11.1 Å². The Hall–Kier alpha value is -2.08. The molecule has 0 nitrogen and oxygen atoms in total. The molecule has 0 bridgehead atoms. The summed E-state index contributed by atoms with van der Waals surface area (Å²) < 4.78 is 0. The van der Waals surface area contributed by atoms with Crippen LogP contribution in [0.25, 0.3) is 16.7 Å². The largest absolute Gasteiger partial charge is 0.0770 e. The van der Waals surface area contributed by atoms with Crippen molar-refractivity contribution in [2.24, 2.45) is 5.92 Å². The summed E-state index contributed by atoms with van der Waals surface area (Å²) in [5.41, 5.74) is 13.9. The summed E-state index contributed by atoms with van der Waals surface area (Å²) in [5.74, 6) is 0.555. The van der Waals surface area contributed by atoms with Gasteiger partial charge in [0, 0.05) is 5.92 Å². The second-order valence-corrected chi connectivity index (χ2v) is 6.99. The van der Waals surface area contributed by atoms with E-state index in [-0.39, 0.29) is 0 Å². The maximum absolute atomic E-state index is 2.50. The van der Waals surface area contributed by atoms with Gasteiger partial charge in [-0.3, -0.25) is 0 Å². The van der Waals surface area contributed by atoms with Crippen molar-refractivity contribution >= 4 is 5.57 Å². The van der Waals surface area contributed by atoms with Crippen molar-refractivity contribution < 1.29 is 0 Å². The van der Waals surface area contributed by atoms with Crippen LogP contribution < -0.4 is 0 Å². The number of benzene rings is 2. The summed E-state index contributed by atoms with van der Waals surface area (Å²) in [6.45, 7) is 4.59. The zero-order valence-corrected chi connectivity index (χ0v) is 13.2. The van der Waals surface area contributed by atoms with Crippen molar-refractivity contribution in [1.82, 2.24) is 0 Å². The van der Waals surface area contributed by atoms with Gasteiger partial charge in [0.1, 0.15) is 0 Å². The Balaban J connectivity index is 1.78. The van der Waals surface area contributed by atoms with Gasteiger partial charge in [-0.05, 0) is 82.3 Å². The van der Waals surface area contributed by atoms with E-state index in [9.17, 15) is 0 Å². The second-order valence-electron chi connectivity index (χ2n) is 6.99. The van der Waals surface area contributed by atoms with Gasteiger partial charge in [0.15, 0.2) is 0 Å². The molecule has 1 unspecified atom stereocenters. The first-order valence-electron chi connectivity index (χ1n) is 8.39. The minimum atomic E-state index is 0.555. The lowest BCUT2D eigenvalue weighted by Gasteiger charge is -2.28. The molecule has 0 N–H and O–H groups in total. The van der Waals surface area contributed by atoms with Crippen LogP contribution in [0.15, 0.2) is 48.1 Å². The van der Waals surface area contributed by atoms with E-state index in [2.05, 4.69) is 56.3 Å². The molecule has 0 aromatic heterocycles. The lowest BCUT2D eigenvalue weighted by atomic mass is 9.76. The summed E-state index contributed by atoms with van der Waals surface area (Å²) in [5, 5.41) is 0. The minimum absolute atomic E-state index is 0.555. The van der Waals surface area contributed by atoms with Crippen molar-refractivity contribution in [2.45, 2.75) is 33.1 Å². The van der Waals surface area contributed by atoms with Crippen molar-refractivity contribution in [1.29, 1.82) is 0 Å². The van der Waals surface area contributed by atoms with Crippen LogP contribution in [0.5, 0.6) is 0 Å². The minimum Gasteiger partial charge on any atom is -0.0770 e. The lowest BCUT2D eigenvalue weighted by molar-refractivity contribution is 0.814. The van der Waals surface area contributed by atoms with Crippen LogP contribution in [-0.2, 0) is 19.3 Å². The van der Waals surface area contributed by atoms with E-state index in [1.807, 2.05) is 0 Å². The van der Waals surface area contributed by atoms with E-state index in [0.29, 0.717) is 5.92 Å². The highest BCUT2D eigenvalue weighted by Gasteiger charge is 2.31. The van der Waals surface area contributed by atoms with Crippen LogP contribution >= 0.6 is 0 Å². The molecule has 0 amide bonds. The number of fused-ring (bicyclic) bond motifs is 5. The smallest absolute Gasteiger partial charge is 0.000144 e. The highest BCUT2D eigenvalue weighted by atomic mass is 14.3. The third-order valence-electron chi connectivity index (χ3n) is 5.77. The van der Waals surface area contributed by atoms with Gasteiger partial charge >= 0.3 is 0 Å². The van der Waals surface area contributed by atoms with Crippen LogP contribution in [0.1, 0.15) is 41.7 Å². The summed E-state index contributed by atoms with van der Waals surface area (Å²) >= 11 is 0. The van der Waals surface area contributed by atoms with Crippen LogP contribution in [0.4, 0.5) is 0 Å². The van der Waals surface area contributed by atoms with E-state index >= 15 is 0 Å². The molecule has 0 saturated heterocycles. The van der Waals surface area contributed by atoms with Crippen molar-refractivity contribution in [2.75, 3.05) is 0 Å². The predicted molar refractivity (Wildman–Crippen MR) is 93.0 cm³/mol. The van der Waals surface area contributed by atoms with E-state index in [1.54, 1.807) is 22.3 Å². The Morgan fingerprint density at radius 3 is 2.45 bits per heavy atom. The number of rotatable bonds is 1. The van der Waals surface area contributed by atoms with E-state index in [1.165, 1.54) is 40.7 Å². The first-order chi connectivity index (χ1) is 10.7. The number of hydrogen-bond acceptors (Lipinski definition) is 0. The molecule has 0 heterocycles. The Bertz CT molecular complexity index is 877. The van der Waals surface area contributed by atoms with Crippen LogP contribution in [0.3, 0.4) is 0 Å². The van der Waals surface area contributed by atoms with E-state index in [0.717, 1.165) is 6.42 Å². The SMILES string of the molecule is CC1=C(c2cc3c(c4c2CC4)Cc2ccccc2-3)C(C)C=C1. The molecule has 2 aromatic carbocycles. The number of hydrogen-bond donors (Lipinski definition) is 0. The maximum atomic E-state index is 2.50. The molecule has 108 valence electrons. The zero-order valence-electron chi connectivity index (χ0n) is 13.2. The van der Waals surface area contributed by atoms with Gasteiger partial charge in [-0.2, -0.15) is 0 Å². The summed E-state index contributed by atoms with van der Waals surface area (Å²) in [6, 6.07) is 11.4. The molecule has 2 aromatic rings. The van der Waals surface area contributed by atoms with E-state index in [4.69, 9.17) is 0 Å². The fourth-order valence-electron chi connectivity index (χ4n) is 4.59. The molecule has 0 fully saturated rings. The van der Waals surface area contributed by atoms with Gasteiger partial charge in [0.2, 0.25) is 0 Å². The topological polar surface area (TPSA) is 0 Å². The molecule has 22 heavy (non-hydrogen) atoms. The first-order valence-corrected chi connectivity index (χ1v) is 8.39. The average Bonchev–Trinajstić information content (AvgIpc) is 2.98. The zero-order chi connectivity index (χ0) is 14.8. The molecule has 3 aliphatic rings. The van der Waals surface area contributed by atoms with Gasteiger partial charge in [-0.15, -0.1) is 0 Å². The highest BCUT2D eigenvalue weighted by molar-refractivity contribution is 5.87. The Kier molecular flexibility index (Phi) is 2.39. The summed E-state index contributed by atoms with van der Waals surface area (Å²) in [7, 11) is 0. The van der Waals surface area contributed by atoms with Gasteiger partial charge < -0.3 is 0 Å². The van der Waals surface area contributed by atoms with Gasteiger partial charge in [0.25, 0.3) is 0 Å². The Morgan fingerprint density at radius 1 is 0.909 bits per heavy atom. The third kappa shape index (κ3) is 1.48. The third-order valence-corrected chi connectivity index (χ3v) is 5.77. The molecule has 0 spiro atoms. The van der Waals surface area contributed by atoms with Crippen molar-refractivity contribution in [3.05, 3.63) is 75.9 Å². The molecule has 0 saturated carbocycles. The monoisotopic (exact) mass is 284 g/mol. The van der Waals surface area contributed by atoms with E-state index < -0.39 is 0 Å². The van der Waals surface area contributed by atoms with Gasteiger partial charge in [0.05, 0.1) is 0 Å². The molecule has 5 rings (SSSR count). The van der Waals surface area contributed by atoms with Crippen LogP contribution in [-0.4, -0.2) is 0 Å². The lowest BCUT2D eigenvalue weighted by Crippen LogP contribution is -2.16. The van der Waals surface area contributed by atoms with Crippen LogP contribution in [0.2, 0.25) is 0 Å². The molecular weight excluding hydrogens is 264 g/mol. The second kappa shape index (κ2) is 4.23. The normalized spacial score (nSPS) is 20.7. The highest BCUT2D eigenvalue weighted by Crippen LogP contribution is 2.47. The van der Waals surface area contributed by atoms with Gasteiger partial charge in [-0.25, -0.2) is 0 Å². The quantitative estimate of drug-likeness (QED) is 0.566. The first kappa shape index (κ1) is 12.5. The number of allylic oxidation sites excluding steroid dienone is 4. The Morgan fingerprint density at radius 2 is 1.73 bits per heavy atom. The summed E-state index contributed by atoms with van der Waals surface area (Å²) in [6.07, 6.45) is 8.31. The average molecular weight is 284 g/mol.